The van der Waals surface area contributed by atoms with Crippen LogP contribution in [0.4, 0.5) is 13.2 Å². The van der Waals surface area contributed by atoms with Gasteiger partial charge in [-0.25, -0.2) is 0 Å². The van der Waals surface area contributed by atoms with E-state index in [-0.39, 0.29) is 11.8 Å². The number of hydrogen-bond acceptors (Lipinski definition) is 2. The van der Waals surface area contributed by atoms with Crippen LogP contribution >= 0.6 is 0 Å². The Morgan fingerprint density at radius 3 is 2.46 bits per heavy atom. The highest BCUT2D eigenvalue weighted by Crippen LogP contribution is 2.41. The Balaban J connectivity index is 2.42. The number of guanidine groups is 1. The van der Waals surface area contributed by atoms with E-state index in [1.165, 1.54) is 25.7 Å². The van der Waals surface area contributed by atoms with E-state index in [1.807, 2.05) is 6.92 Å². The lowest BCUT2D eigenvalue weighted by Crippen LogP contribution is -2.39. The molecule has 0 aliphatic heterocycles. The molecule has 0 aromatic carbocycles. The van der Waals surface area contributed by atoms with Gasteiger partial charge in [-0.2, -0.15) is 13.2 Å². The number of aliphatic imine (C=N–C) groups is 1. The lowest BCUT2D eigenvalue weighted by atomic mass is 9.83. The Morgan fingerprint density at radius 1 is 1.17 bits per heavy atom. The quantitative estimate of drug-likeness (QED) is 0.357. The molecular formula is C17H32F3N3O. The molecule has 0 aromatic rings. The molecule has 1 saturated carbocycles. The van der Waals surface area contributed by atoms with E-state index in [1.54, 1.807) is 7.11 Å². The van der Waals surface area contributed by atoms with Gasteiger partial charge in [0, 0.05) is 39.8 Å². The summed E-state index contributed by atoms with van der Waals surface area (Å²) in [7, 11) is 1.72. The number of nitrogens with one attached hydrogen (secondary N) is 2. The lowest BCUT2D eigenvalue weighted by molar-refractivity contribution is -0.135. The monoisotopic (exact) mass is 351 g/mol. The average Bonchev–Trinajstić information content (AvgIpc) is 2.98. The minimum atomic E-state index is -4.06. The van der Waals surface area contributed by atoms with Crippen LogP contribution in [0.25, 0.3) is 0 Å². The van der Waals surface area contributed by atoms with Gasteiger partial charge in [0.1, 0.15) is 0 Å². The van der Waals surface area contributed by atoms with Gasteiger partial charge in [0.15, 0.2) is 5.96 Å². The second-order valence-corrected chi connectivity index (χ2v) is 6.64. The van der Waals surface area contributed by atoms with Crippen LogP contribution in [0.2, 0.25) is 0 Å². The van der Waals surface area contributed by atoms with Crippen molar-refractivity contribution in [1.29, 1.82) is 0 Å². The molecule has 0 saturated heterocycles. The van der Waals surface area contributed by atoms with Crippen molar-refractivity contribution in [3.8, 4) is 0 Å². The molecule has 0 heterocycles. The fraction of sp³-hybridized carbons (Fsp3) is 0.941. The van der Waals surface area contributed by atoms with Gasteiger partial charge in [-0.3, -0.25) is 4.99 Å². The number of halogens is 3. The van der Waals surface area contributed by atoms with E-state index < -0.39 is 12.6 Å². The Kier molecular flexibility index (Phi) is 9.48. The molecule has 1 aliphatic rings. The summed E-state index contributed by atoms with van der Waals surface area (Å²) in [4.78, 5) is 4.68. The van der Waals surface area contributed by atoms with Crippen LogP contribution in [-0.4, -0.2) is 45.5 Å². The lowest BCUT2D eigenvalue weighted by Gasteiger charge is -2.27. The minimum absolute atomic E-state index is 0.147. The zero-order valence-corrected chi connectivity index (χ0v) is 15.0. The predicted molar refractivity (Wildman–Crippen MR) is 91.3 cm³/mol. The van der Waals surface area contributed by atoms with Gasteiger partial charge < -0.3 is 15.4 Å². The first-order valence-corrected chi connectivity index (χ1v) is 8.99. The van der Waals surface area contributed by atoms with Crippen LogP contribution in [0.5, 0.6) is 0 Å². The molecule has 0 amide bonds. The summed E-state index contributed by atoms with van der Waals surface area (Å²) in [5, 5.41) is 6.32. The van der Waals surface area contributed by atoms with Gasteiger partial charge in [-0.05, 0) is 44.4 Å². The molecule has 4 nitrogen and oxygen atoms in total. The van der Waals surface area contributed by atoms with Crippen molar-refractivity contribution in [1.82, 2.24) is 10.6 Å². The summed E-state index contributed by atoms with van der Waals surface area (Å²) in [5.41, 5.74) is 0.217. The minimum Gasteiger partial charge on any atom is -0.385 e. The highest BCUT2D eigenvalue weighted by molar-refractivity contribution is 5.79. The van der Waals surface area contributed by atoms with Gasteiger partial charge in [-0.15, -0.1) is 0 Å². The first-order chi connectivity index (χ1) is 11.4. The van der Waals surface area contributed by atoms with Gasteiger partial charge in [0.05, 0.1) is 0 Å². The third kappa shape index (κ3) is 8.76. The van der Waals surface area contributed by atoms with E-state index in [0.717, 1.165) is 26.1 Å². The Bertz CT molecular complexity index is 367. The highest BCUT2D eigenvalue weighted by atomic mass is 19.4. The van der Waals surface area contributed by atoms with Crippen molar-refractivity contribution < 1.29 is 17.9 Å². The van der Waals surface area contributed by atoms with Crippen molar-refractivity contribution in [3.05, 3.63) is 0 Å². The SMILES string of the molecule is CCNC(=NCC1(CCOC)CCCC1)NCCCCC(F)(F)F. The second kappa shape index (κ2) is 10.8. The highest BCUT2D eigenvalue weighted by Gasteiger charge is 2.33. The topological polar surface area (TPSA) is 45.7 Å². The maximum Gasteiger partial charge on any atom is 0.389 e. The zero-order valence-electron chi connectivity index (χ0n) is 15.0. The predicted octanol–water partition coefficient (Wildman–Crippen LogP) is 3.87. The Morgan fingerprint density at radius 2 is 1.88 bits per heavy atom. The number of ether oxygens (including phenoxy) is 1. The summed E-state index contributed by atoms with van der Waals surface area (Å²) < 4.78 is 41.6. The summed E-state index contributed by atoms with van der Waals surface area (Å²) >= 11 is 0. The van der Waals surface area contributed by atoms with Crippen molar-refractivity contribution in [3.63, 3.8) is 0 Å². The van der Waals surface area contributed by atoms with Crippen molar-refractivity contribution in [2.24, 2.45) is 10.4 Å². The molecule has 1 rings (SSSR count). The molecule has 2 N–H and O–H groups in total. The third-order valence-electron chi connectivity index (χ3n) is 4.60. The standard InChI is InChI=1S/C17H32F3N3O/c1-3-21-15(22-12-7-6-10-17(18,19)20)23-14-16(11-13-24-2)8-4-5-9-16/h3-14H2,1-2H3,(H2,21,22,23). The number of rotatable bonds is 10. The Hall–Kier alpha value is -0.980. The molecule has 0 atom stereocenters. The van der Waals surface area contributed by atoms with Gasteiger partial charge in [0.25, 0.3) is 0 Å². The van der Waals surface area contributed by atoms with Crippen LogP contribution < -0.4 is 10.6 Å². The third-order valence-corrected chi connectivity index (χ3v) is 4.60. The molecule has 7 heteroatoms. The van der Waals surface area contributed by atoms with Crippen molar-refractivity contribution in [2.45, 2.75) is 64.5 Å². The van der Waals surface area contributed by atoms with Crippen LogP contribution in [0, 0.1) is 5.41 Å². The summed E-state index contributed by atoms with van der Waals surface area (Å²) in [6.07, 6.45) is 1.68. The summed E-state index contributed by atoms with van der Waals surface area (Å²) in [6.45, 7) is 4.72. The molecule has 0 spiro atoms. The van der Waals surface area contributed by atoms with Crippen LogP contribution in [0.3, 0.4) is 0 Å². The van der Waals surface area contributed by atoms with E-state index in [9.17, 15) is 13.2 Å². The van der Waals surface area contributed by atoms with Crippen LogP contribution in [0.15, 0.2) is 4.99 Å². The molecule has 1 fully saturated rings. The molecule has 0 radical (unpaired) electrons. The smallest absolute Gasteiger partial charge is 0.385 e. The molecular weight excluding hydrogens is 319 g/mol. The van der Waals surface area contributed by atoms with Crippen molar-refractivity contribution in [2.75, 3.05) is 33.4 Å². The van der Waals surface area contributed by atoms with Crippen LogP contribution in [0.1, 0.15) is 58.3 Å². The van der Waals surface area contributed by atoms with Crippen molar-refractivity contribution >= 4 is 5.96 Å². The number of hydrogen-bond donors (Lipinski definition) is 2. The first kappa shape index (κ1) is 21.1. The molecule has 0 bridgehead atoms. The fourth-order valence-corrected chi connectivity index (χ4v) is 3.18. The molecule has 0 aromatic heterocycles. The maximum absolute atomic E-state index is 12.1. The van der Waals surface area contributed by atoms with E-state index in [0.29, 0.717) is 18.9 Å². The normalized spacial score (nSPS) is 18.0. The van der Waals surface area contributed by atoms with E-state index in [2.05, 4.69) is 15.6 Å². The average molecular weight is 351 g/mol. The fourth-order valence-electron chi connectivity index (χ4n) is 3.18. The van der Waals surface area contributed by atoms with E-state index in [4.69, 9.17) is 4.74 Å². The zero-order chi connectivity index (χ0) is 17.9. The van der Waals surface area contributed by atoms with Gasteiger partial charge >= 0.3 is 6.18 Å². The first-order valence-electron chi connectivity index (χ1n) is 8.99. The maximum atomic E-state index is 12.1. The number of unbranched alkanes of at least 4 members (excludes halogenated alkanes) is 1. The number of methoxy groups -OCH3 is 1. The largest absolute Gasteiger partial charge is 0.389 e. The van der Waals surface area contributed by atoms with Gasteiger partial charge in [0.2, 0.25) is 0 Å². The Labute approximate surface area is 143 Å². The van der Waals surface area contributed by atoms with E-state index >= 15 is 0 Å². The number of nitrogens with zero attached hydrogens (tertiary/aromatic N) is 1. The molecule has 0 unspecified atom stereocenters. The van der Waals surface area contributed by atoms with Crippen LogP contribution in [-0.2, 0) is 4.74 Å². The number of alkyl halides is 3. The summed E-state index contributed by atoms with van der Waals surface area (Å²) in [5.74, 6) is 0.702. The molecule has 1 aliphatic carbocycles. The molecule has 142 valence electrons. The molecule has 24 heavy (non-hydrogen) atoms. The second-order valence-electron chi connectivity index (χ2n) is 6.64. The van der Waals surface area contributed by atoms with Gasteiger partial charge in [-0.1, -0.05) is 12.8 Å². The summed E-state index contributed by atoms with van der Waals surface area (Å²) in [6, 6.07) is 0.